The molecule has 0 amide bonds. The van der Waals surface area contributed by atoms with Crippen LogP contribution in [0.4, 0.5) is 0 Å². The average Bonchev–Trinajstić information content (AvgIpc) is 2.67. The number of carbonyl (C=O) groups is 1. The Hall–Kier alpha value is -1.57. The van der Waals surface area contributed by atoms with Crippen molar-refractivity contribution >= 4 is 16.7 Å². The van der Waals surface area contributed by atoms with Crippen LogP contribution in [-0.4, -0.2) is 10.4 Å². The summed E-state index contributed by atoms with van der Waals surface area (Å²) in [5.74, 6) is 0.720. The Morgan fingerprint density at radius 3 is 2.76 bits per heavy atom. The molecule has 1 aromatic carbocycles. The van der Waals surface area contributed by atoms with Crippen LogP contribution in [0, 0.1) is 5.92 Å². The molecule has 1 unspecified atom stereocenters. The van der Waals surface area contributed by atoms with Crippen molar-refractivity contribution in [3.05, 3.63) is 36.0 Å². The van der Waals surface area contributed by atoms with Gasteiger partial charge in [-0.05, 0) is 12.0 Å². The van der Waals surface area contributed by atoms with E-state index in [1.165, 1.54) is 0 Å². The molecule has 17 heavy (non-hydrogen) atoms. The van der Waals surface area contributed by atoms with E-state index in [0.717, 1.165) is 22.9 Å². The van der Waals surface area contributed by atoms with Gasteiger partial charge in [-0.1, -0.05) is 38.5 Å². The van der Waals surface area contributed by atoms with E-state index in [9.17, 15) is 4.79 Å². The third-order valence-electron chi connectivity index (χ3n) is 3.43. The van der Waals surface area contributed by atoms with Crippen LogP contribution in [0.15, 0.2) is 30.5 Å². The van der Waals surface area contributed by atoms with E-state index in [1.54, 1.807) is 0 Å². The normalized spacial score (nSPS) is 12.9. The van der Waals surface area contributed by atoms with Crippen molar-refractivity contribution in [1.29, 1.82) is 0 Å². The highest BCUT2D eigenvalue weighted by atomic mass is 16.1. The highest BCUT2D eigenvalue weighted by Gasteiger charge is 2.15. The van der Waals surface area contributed by atoms with Crippen LogP contribution in [0.25, 0.3) is 10.9 Å². The van der Waals surface area contributed by atoms with E-state index >= 15 is 0 Å². The van der Waals surface area contributed by atoms with Gasteiger partial charge in [0.1, 0.15) is 0 Å². The smallest absolute Gasteiger partial charge is 0.165 e. The maximum atomic E-state index is 12.2. The lowest BCUT2D eigenvalue weighted by Gasteiger charge is -2.05. The van der Waals surface area contributed by atoms with Gasteiger partial charge in [-0.15, -0.1) is 0 Å². The molecule has 1 heterocycles. The van der Waals surface area contributed by atoms with Crippen LogP contribution in [0.1, 0.15) is 37.0 Å². The lowest BCUT2D eigenvalue weighted by Crippen LogP contribution is -2.04. The van der Waals surface area contributed by atoms with E-state index in [0.29, 0.717) is 12.3 Å². The zero-order valence-corrected chi connectivity index (χ0v) is 10.7. The SMILES string of the molecule is CCC(C)CC(=O)c1cn(C)c2ccccc12. The highest BCUT2D eigenvalue weighted by Crippen LogP contribution is 2.23. The Bertz CT molecular complexity index is 539. The first-order valence-electron chi connectivity index (χ1n) is 6.20. The lowest BCUT2D eigenvalue weighted by atomic mass is 9.97. The van der Waals surface area contributed by atoms with E-state index in [2.05, 4.69) is 19.9 Å². The largest absolute Gasteiger partial charge is 0.350 e. The van der Waals surface area contributed by atoms with Crippen molar-refractivity contribution in [3.63, 3.8) is 0 Å². The van der Waals surface area contributed by atoms with Crippen LogP contribution in [0.2, 0.25) is 0 Å². The standard InChI is InChI=1S/C15H19NO/c1-4-11(2)9-15(17)13-10-16(3)14-8-6-5-7-12(13)14/h5-8,10-11H,4,9H2,1-3H3. The Morgan fingerprint density at radius 1 is 1.35 bits per heavy atom. The van der Waals surface area contributed by atoms with Gasteiger partial charge in [0, 0.05) is 36.1 Å². The number of rotatable bonds is 4. The van der Waals surface area contributed by atoms with E-state index < -0.39 is 0 Å². The number of carbonyl (C=O) groups excluding carboxylic acids is 1. The molecule has 0 aliphatic rings. The number of fused-ring (bicyclic) bond motifs is 1. The summed E-state index contributed by atoms with van der Waals surface area (Å²) in [5, 5.41) is 1.07. The minimum Gasteiger partial charge on any atom is -0.350 e. The molecule has 0 spiro atoms. The van der Waals surface area contributed by atoms with Crippen LogP contribution in [0.3, 0.4) is 0 Å². The van der Waals surface area contributed by atoms with Gasteiger partial charge in [0.15, 0.2) is 5.78 Å². The summed E-state index contributed by atoms with van der Waals surface area (Å²) in [4.78, 5) is 12.2. The van der Waals surface area contributed by atoms with E-state index in [-0.39, 0.29) is 5.78 Å². The van der Waals surface area contributed by atoms with Gasteiger partial charge in [0.25, 0.3) is 0 Å². The zero-order chi connectivity index (χ0) is 12.4. The predicted molar refractivity (Wildman–Crippen MR) is 71.3 cm³/mol. The van der Waals surface area contributed by atoms with Crippen molar-refractivity contribution in [1.82, 2.24) is 4.57 Å². The average molecular weight is 229 g/mol. The number of hydrogen-bond donors (Lipinski definition) is 0. The number of ketones is 1. The second-order valence-electron chi connectivity index (χ2n) is 4.81. The van der Waals surface area contributed by atoms with Crippen LogP contribution >= 0.6 is 0 Å². The van der Waals surface area contributed by atoms with Crippen LogP contribution in [0.5, 0.6) is 0 Å². The first kappa shape index (κ1) is 11.9. The van der Waals surface area contributed by atoms with Crippen LogP contribution in [-0.2, 0) is 7.05 Å². The number of Topliss-reactive ketones (excluding diaryl/α,β-unsaturated/α-hetero) is 1. The summed E-state index contributed by atoms with van der Waals surface area (Å²) < 4.78 is 2.03. The molecule has 2 aromatic rings. The molecular formula is C15H19NO. The Kier molecular flexibility index (Phi) is 3.32. The van der Waals surface area contributed by atoms with Crippen molar-refractivity contribution in [2.75, 3.05) is 0 Å². The van der Waals surface area contributed by atoms with Crippen molar-refractivity contribution in [2.24, 2.45) is 13.0 Å². The second kappa shape index (κ2) is 4.74. The van der Waals surface area contributed by atoms with E-state index in [4.69, 9.17) is 0 Å². The van der Waals surface area contributed by atoms with Crippen molar-refractivity contribution in [3.8, 4) is 0 Å². The first-order chi connectivity index (χ1) is 8.13. The monoisotopic (exact) mass is 229 g/mol. The third-order valence-corrected chi connectivity index (χ3v) is 3.43. The fourth-order valence-electron chi connectivity index (χ4n) is 2.13. The number of benzene rings is 1. The quantitative estimate of drug-likeness (QED) is 0.731. The molecule has 0 aliphatic heterocycles. The van der Waals surface area contributed by atoms with Gasteiger partial charge in [-0.3, -0.25) is 4.79 Å². The first-order valence-corrected chi connectivity index (χ1v) is 6.20. The summed E-state index contributed by atoms with van der Waals surface area (Å²) >= 11 is 0. The van der Waals surface area contributed by atoms with Crippen molar-refractivity contribution in [2.45, 2.75) is 26.7 Å². The molecule has 0 bridgehead atoms. The summed E-state index contributed by atoms with van der Waals surface area (Å²) in [5.41, 5.74) is 1.99. The van der Waals surface area contributed by atoms with Gasteiger partial charge in [-0.2, -0.15) is 0 Å². The van der Waals surface area contributed by atoms with Gasteiger partial charge >= 0.3 is 0 Å². The summed E-state index contributed by atoms with van der Waals surface area (Å²) in [7, 11) is 1.99. The number of para-hydroxylation sites is 1. The van der Waals surface area contributed by atoms with E-state index in [1.807, 2.05) is 36.0 Å². The molecular weight excluding hydrogens is 210 g/mol. The summed E-state index contributed by atoms with van der Waals surface area (Å²) in [6.07, 6.45) is 3.65. The maximum Gasteiger partial charge on any atom is 0.165 e. The predicted octanol–water partition coefficient (Wildman–Crippen LogP) is 3.80. The van der Waals surface area contributed by atoms with Gasteiger partial charge < -0.3 is 4.57 Å². The maximum absolute atomic E-state index is 12.2. The molecule has 2 nitrogen and oxygen atoms in total. The fourth-order valence-corrected chi connectivity index (χ4v) is 2.13. The van der Waals surface area contributed by atoms with Gasteiger partial charge in [-0.25, -0.2) is 0 Å². The Morgan fingerprint density at radius 2 is 2.06 bits per heavy atom. The minimum absolute atomic E-state index is 0.260. The molecule has 0 radical (unpaired) electrons. The topological polar surface area (TPSA) is 22.0 Å². The van der Waals surface area contributed by atoms with Crippen LogP contribution < -0.4 is 0 Å². The number of aryl methyl sites for hydroxylation is 1. The van der Waals surface area contributed by atoms with Gasteiger partial charge in [0.05, 0.1) is 0 Å². The molecule has 0 saturated heterocycles. The second-order valence-corrected chi connectivity index (χ2v) is 4.81. The zero-order valence-electron chi connectivity index (χ0n) is 10.7. The molecule has 0 fully saturated rings. The third kappa shape index (κ3) is 2.26. The minimum atomic E-state index is 0.260. The fraction of sp³-hybridized carbons (Fsp3) is 0.400. The molecule has 1 atom stereocenters. The molecule has 1 aromatic heterocycles. The highest BCUT2D eigenvalue weighted by molar-refractivity contribution is 6.08. The molecule has 0 aliphatic carbocycles. The van der Waals surface area contributed by atoms with Gasteiger partial charge in [0.2, 0.25) is 0 Å². The number of hydrogen-bond acceptors (Lipinski definition) is 1. The summed E-state index contributed by atoms with van der Waals surface area (Å²) in [6.45, 7) is 4.25. The lowest BCUT2D eigenvalue weighted by molar-refractivity contribution is 0.0965. The molecule has 0 saturated carbocycles. The van der Waals surface area contributed by atoms with Crippen molar-refractivity contribution < 1.29 is 4.79 Å². The summed E-state index contributed by atoms with van der Waals surface area (Å²) in [6, 6.07) is 8.07. The Balaban J connectivity index is 2.39. The molecule has 2 heteroatoms. The molecule has 0 N–H and O–H groups in total. The Labute approximate surface area is 102 Å². The number of nitrogens with zero attached hydrogens (tertiary/aromatic N) is 1. The number of aromatic nitrogens is 1. The molecule has 2 rings (SSSR count). The molecule has 90 valence electrons.